The minimum atomic E-state index is -0.212. The predicted octanol–water partition coefficient (Wildman–Crippen LogP) is 1.31. The maximum Gasteiger partial charge on any atom is 0.258 e. The second kappa shape index (κ2) is 4.49. The van der Waals surface area contributed by atoms with Crippen LogP contribution in [-0.2, 0) is 11.2 Å². The molecular weight excluding hydrogens is 224 g/mol. The van der Waals surface area contributed by atoms with Gasteiger partial charge in [-0.1, -0.05) is 12.1 Å². The van der Waals surface area contributed by atoms with Crippen LogP contribution in [0.5, 0.6) is 0 Å². The topological polar surface area (TPSA) is 62.8 Å². The van der Waals surface area contributed by atoms with Crippen LogP contribution in [0.15, 0.2) is 29.1 Å². The molecule has 0 radical (unpaired) electrons. The van der Waals surface area contributed by atoms with Crippen molar-refractivity contribution < 1.29 is 4.79 Å². The van der Waals surface area contributed by atoms with Gasteiger partial charge in [-0.25, -0.2) is 4.98 Å². The quantitative estimate of drug-likeness (QED) is 0.787. The van der Waals surface area contributed by atoms with Crippen molar-refractivity contribution in [1.29, 1.82) is 0 Å². The van der Waals surface area contributed by atoms with Gasteiger partial charge in [-0.15, -0.1) is 12.6 Å². The van der Waals surface area contributed by atoms with Gasteiger partial charge in [-0.2, -0.15) is 0 Å². The number of hydrogen-bond donors (Lipinski definition) is 2. The molecule has 1 N–H and O–H groups in total. The van der Waals surface area contributed by atoms with Gasteiger partial charge in [0, 0.05) is 12.8 Å². The van der Waals surface area contributed by atoms with Gasteiger partial charge in [-0.05, 0) is 12.1 Å². The van der Waals surface area contributed by atoms with Crippen molar-refractivity contribution in [1.82, 2.24) is 9.97 Å². The molecule has 0 aliphatic heterocycles. The van der Waals surface area contributed by atoms with E-state index in [-0.39, 0.29) is 17.1 Å². The van der Waals surface area contributed by atoms with Crippen LogP contribution < -0.4 is 5.56 Å². The van der Waals surface area contributed by atoms with Crippen molar-refractivity contribution >= 4 is 28.6 Å². The molecule has 4 nitrogen and oxygen atoms in total. The molecule has 0 bridgehead atoms. The lowest BCUT2D eigenvalue weighted by molar-refractivity contribution is -0.110. The average Bonchev–Trinajstić information content (AvgIpc) is 2.26. The highest BCUT2D eigenvalue weighted by atomic mass is 32.1. The molecule has 0 amide bonds. The molecule has 0 fully saturated rings. The molecule has 0 aliphatic rings. The van der Waals surface area contributed by atoms with Crippen LogP contribution in [0.2, 0.25) is 0 Å². The van der Waals surface area contributed by atoms with E-state index in [9.17, 15) is 9.59 Å². The Hall–Kier alpha value is -1.62. The zero-order chi connectivity index (χ0) is 11.5. The summed E-state index contributed by atoms with van der Waals surface area (Å²) in [7, 11) is 0. The smallest absolute Gasteiger partial charge is 0.258 e. The number of nitrogens with one attached hydrogen (secondary N) is 1. The summed E-state index contributed by atoms with van der Waals surface area (Å²) >= 11 is 3.67. The maximum atomic E-state index is 11.6. The molecule has 2 aromatic rings. The van der Waals surface area contributed by atoms with Gasteiger partial charge < -0.3 is 4.98 Å². The summed E-state index contributed by atoms with van der Waals surface area (Å²) in [4.78, 5) is 29.3. The normalized spacial score (nSPS) is 10.6. The van der Waals surface area contributed by atoms with Crippen molar-refractivity contribution in [2.45, 2.75) is 12.8 Å². The van der Waals surface area contributed by atoms with Crippen LogP contribution in [0.3, 0.4) is 0 Å². The summed E-state index contributed by atoms with van der Waals surface area (Å²) in [6, 6.07) is 7.10. The number of H-pyrrole nitrogens is 1. The van der Waals surface area contributed by atoms with Gasteiger partial charge in [0.1, 0.15) is 5.82 Å². The van der Waals surface area contributed by atoms with Crippen molar-refractivity contribution in [2.24, 2.45) is 0 Å². The molecular formula is C11H10N2O2S. The highest BCUT2D eigenvalue weighted by Crippen LogP contribution is 2.06. The third kappa shape index (κ3) is 2.30. The lowest BCUT2D eigenvalue weighted by Gasteiger charge is -2.00. The number of aromatic amines is 1. The second-order valence-electron chi connectivity index (χ2n) is 3.42. The van der Waals surface area contributed by atoms with Crippen molar-refractivity contribution in [2.75, 3.05) is 0 Å². The molecule has 1 heterocycles. The highest BCUT2D eigenvalue weighted by Gasteiger charge is 2.04. The monoisotopic (exact) mass is 234 g/mol. The molecule has 0 spiro atoms. The first kappa shape index (κ1) is 10.9. The standard InChI is InChI=1S/C11H10N2O2S/c14-10(16)6-5-9-12-8-4-2-1-3-7(8)11(15)13-9/h1-4H,5-6H2,(H,14,16)(H,12,13,15). The van der Waals surface area contributed by atoms with Gasteiger partial charge in [0.25, 0.3) is 5.56 Å². The molecule has 0 saturated carbocycles. The van der Waals surface area contributed by atoms with Gasteiger partial charge >= 0.3 is 0 Å². The first-order valence-corrected chi connectivity index (χ1v) is 5.31. The minimum Gasteiger partial charge on any atom is -0.310 e. The Kier molecular flexibility index (Phi) is 3.05. The summed E-state index contributed by atoms with van der Waals surface area (Å²) in [5.41, 5.74) is 0.472. The first-order chi connectivity index (χ1) is 7.66. The third-order valence-electron chi connectivity index (χ3n) is 2.24. The zero-order valence-electron chi connectivity index (χ0n) is 8.43. The van der Waals surface area contributed by atoms with E-state index in [1.807, 2.05) is 6.07 Å². The number of para-hydroxylation sites is 1. The summed E-state index contributed by atoms with van der Waals surface area (Å²) < 4.78 is 0. The average molecular weight is 234 g/mol. The summed E-state index contributed by atoms with van der Waals surface area (Å²) in [6.07, 6.45) is 0.673. The van der Waals surface area contributed by atoms with E-state index >= 15 is 0 Å². The number of nitrogens with zero attached hydrogens (tertiary/aromatic N) is 1. The van der Waals surface area contributed by atoms with Gasteiger partial charge in [0.05, 0.1) is 10.9 Å². The van der Waals surface area contributed by atoms with Gasteiger partial charge in [-0.3, -0.25) is 9.59 Å². The van der Waals surface area contributed by atoms with Crippen LogP contribution in [0.1, 0.15) is 12.2 Å². The molecule has 1 aromatic heterocycles. The van der Waals surface area contributed by atoms with E-state index < -0.39 is 0 Å². The van der Waals surface area contributed by atoms with E-state index in [0.717, 1.165) is 0 Å². The van der Waals surface area contributed by atoms with Crippen molar-refractivity contribution in [3.8, 4) is 0 Å². The van der Waals surface area contributed by atoms with Crippen LogP contribution in [0.25, 0.3) is 10.9 Å². The van der Waals surface area contributed by atoms with Crippen molar-refractivity contribution in [3.63, 3.8) is 0 Å². The second-order valence-corrected chi connectivity index (χ2v) is 3.92. The van der Waals surface area contributed by atoms with Crippen LogP contribution in [0, 0.1) is 0 Å². The Morgan fingerprint density at radius 1 is 1.38 bits per heavy atom. The van der Waals surface area contributed by atoms with E-state index in [1.54, 1.807) is 18.2 Å². The molecule has 16 heavy (non-hydrogen) atoms. The highest BCUT2D eigenvalue weighted by molar-refractivity contribution is 7.96. The SMILES string of the molecule is O=C(S)CCc1nc2ccccc2c(=O)[nH]1. The number of benzene rings is 1. The largest absolute Gasteiger partial charge is 0.310 e. The third-order valence-corrected chi connectivity index (χ3v) is 2.46. The van der Waals surface area contributed by atoms with Crippen LogP contribution >= 0.6 is 12.6 Å². The first-order valence-electron chi connectivity index (χ1n) is 4.86. The number of carbonyl (C=O) groups excluding carboxylic acids is 1. The van der Waals surface area contributed by atoms with E-state index in [1.165, 1.54) is 0 Å². The Labute approximate surface area is 97.1 Å². The summed E-state index contributed by atoms with van der Waals surface area (Å²) in [5, 5.41) is 0.347. The molecule has 0 saturated heterocycles. The minimum absolute atomic E-state index is 0.174. The van der Waals surface area contributed by atoms with E-state index in [2.05, 4.69) is 22.6 Å². The molecule has 2 rings (SSSR count). The number of aromatic nitrogens is 2. The molecule has 1 aromatic carbocycles. The molecule has 0 aliphatic carbocycles. The Balaban J connectivity index is 2.42. The summed E-state index contributed by atoms with van der Waals surface area (Å²) in [6.45, 7) is 0. The number of aryl methyl sites for hydroxylation is 1. The number of carbonyl (C=O) groups is 1. The predicted molar refractivity (Wildman–Crippen MR) is 64.7 cm³/mol. The van der Waals surface area contributed by atoms with Crippen molar-refractivity contribution in [3.05, 3.63) is 40.4 Å². The Morgan fingerprint density at radius 3 is 2.88 bits per heavy atom. The molecule has 0 unspecified atom stereocenters. The van der Waals surface area contributed by atoms with Gasteiger partial charge in [0.15, 0.2) is 5.12 Å². The van der Waals surface area contributed by atoms with E-state index in [4.69, 9.17) is 0 Å². The van der Waals surface area contributed by atoms with Gasteiger partial charge in [0.2, 0.25) is 0 Å². The van der Waals surface area contributed by atoms with Crippen LogP contribution in [0.4, 0.5) is 0 Å². The maximum absolute atomic E-state index is 11.6. The lowest BCUT2D eigenvalue weighted by atomic mass is 10.2. The fourth-order valence-electron chi connectivity index (χ4n) is 1.48. The fraction of sp³-hybridized carbons (Fsp3) is 0.182. The van der Waals surface area contributed by atoms with Crippen LogP contribution in [-0.4, -0.2) is 15.1 Å². The summed E-state index contributed by atoms with van der Waals surface area (Å²) in [5.74, 6) is 0.520. The zero-order valence-corrected chi connectivity index (χ0v) is 9.33. The number of hydrogen-bond acceptors (Lipinski definition) is 3. The number of fused-ring (bicyclic) bond motifs is 1. The fourth-order valence-corrected chi connectivity index (χ4v) is 1.59. The Morgan fingerprint density at radius 2 is 2.12 bits per heavy atom. The Bertz CT molecular complexity index is 592. The molecule has 82 valence electrons. The number of thiol groups is 1. The molecule has 5 heteroatoms. The molecule has 0 atom stereocenters. The lowest BCUT2D eigenvalue weighted by Crippen LogP contribution is -2.12. The number of rotatable bonds is 3. The van der Waals surface area contributed by atoms with E-state index in [0.29, 0.717) is 23.1 Å².